The first-order chi connectivity index (χ1) is 8.19. The van der Waals surface area contributed by atoms with Crippen LogP contribution in [-0.4, -0.2) is 11.9 Å². The van der Waals surface area contributed by atoms with Crippen LogP contribution in [0, 0.1) is 0 Å². The van der Waals surface area contributed by atoms with E-state index in [1.165, 1.54) is 0 Å². The van der Waals surface area contributed by atoms with Crippen molar-refractivity contribution in [3.05, 3.63) is 29.3 Å². The van der Waals surface area contributed by atoms with E-state index < -0.39 is 11.9 Å². The van der Waals surface area contributed by atoms with Crippen LogP contribution in [0.5, 0.6) is 0 Å². The molecule has 0 radical (unpaired) electrons. The highest BCUT2D eigenvalue weighted by Gasteiger charge is 2.27. The fraction of sp³-hybridized carbons (Fsp3) is 0.571. The standard InChI is InChI=1S/C14H19F3S/c1-9(2)11-5-12(10(3)4)7-13(6-11)18-8-14(15,16)17/h5-7,9-10H,8H2,1-4H3. The number of rotatable bonds is 4. The monoisotopic (exact) mass is 276 g/mol. The van der Waals surface area contributed by atoms with Gasteiger partial charge in [0.2, 0.25) is 0 Å². The van der Waals surface area contributed by atoms with Crippen LogP contribution < -0.4 is 0 Å². The van der Waals surface area contributed by atoms with Crippen molar-refractivity contribution in [2.24, 2.45) is 0 Å². The van der Waals surface area contributed by atoms with Gasteiger partial charge in [-0.1, -0.05) is 33.8 Å². The third-order valence-corrected chi connectivity index (χ3v) is 3.73. The van der Waals surface area contributed by atoms with Crippen molar-refractivity contribution < 1.29 is 13.2 Å². The average Bonchev–Trinajstić information content (AvgIpc) is 2.25. The molecule has 1 aromatic rings. The molecule has 0 aliphatic heterocycles. The highest BCUT2D eigenvalue weighted by atomic mass is 32.2. The molecule has 0 nitrogen and oxygen atoms in total. The summed E-state index contributed by atoms with van der Waals surface area (Å²) in [5, 5.41) is 0. The molecule has 0 heterocycles. The first-order valence-corrected chi connectivity index (χ1v) is 7.02. The van der Waals surface area contributed by atoms with E-state index in [4.69, 9.17) is 0 Å². The van der Waals surface area contributed by atoms with Crippen LogP contribution in [0.1, 0.15) is 50.7 Å². The quantitative estimate of drug-likeness (QED) is 0.646. The van der Waals surface area contributed by atoms with Gasteiger partial charge in [0.15, 0.2) is 0 Å². The van der Waals surface area contributed by atoms with Crippen molar-refractivity contribution >= 4 is 11.8 Å². The Morgan fingerprint density at radius 2 is 1.39 bits per heavy atom. The molecule has 0 saturated carbocycles. The van der Waals surface area contributed by atoms with E-state index in [-0.39, 0.29) is 0 Å². The van der Waals surface area contributed by atoms with Crippen LogP contribution in [-0.2, 0) is 0 Å². The van der Waals surface area contributed by atoms with E-state index in [9.17, 15) is 13.2 Å². The highest BCUT2D eigenvalue weighted by molar-refractivity contribution is 7.99. The predicted octanol–water partition coefficient (Wildman–Crippen LogP) is 5.59. The summed E-state index contributed by atoms with van der Waals surface area (Å²) < 4.78 is 36.7. The summed E-state index contributed by atoms with van der Waals surface area (Å²) in [6, 6.07) is 5.83. The molecule has 0 bridgehead atoms. The summed E-state index contributed by atoms with van der Waals surface area (Å²) in [5.41, 5.74) is 2.21. The minimum absolute atomic E-state index is 0.328. The minimum atomic E-state index is -4.11. The zero-order valence-electron chi connectivity index (χ0n) is 11.1. The van der Waals surface area contributed by atoms with Crippen LogP contribution in [0.25, 0.3) is 0 Å². The second-order valence-corrected chi connectivity index (χ2v) is 6.10. The van der Waals surface area contributed by atoms with E-state index in [0.717, 1.165) is 22.9 Å². The first-order valence-electron chi connectivity index (χ1n) is 6.03. The Labute approximate surface area is 111 Å². The maximum atomic E-state index is 12.2. The molecule has 0 aliphatic rings. The van der Waals surface area contributed by atoms with Gasteiger partial charge in [-0.15, -0.1) is 11.8 Å². The molecule has 0 fully saturated rings. The van der Waals surface area contributed by atoms with Crippen molar-refractivity contribution in [2.75, 3.05) is 5.75 Å². The molecule has 0 atom stereocenters. The van der Waals surface area contributed by atoms with Crippen LogP contribution in [0.4, 0.5) is 13.2 Å². The summed E-state index contributed by atoms with van der Waals surface area (Å²) in [5.74, 6) is -0.172. The van der Waals surface area contributed by atoms with Gasteiger partial charge < -0.3 is 0 Å². The zero-order chi connectivity index (χ0) is 13.9. The van der Waals surface area contributed by atoms with Crippen LogP contribution in [0.15, 0.2) is 23.1 Å². The van der Waals surface area contributed by atoms with Gasteiger partial charge in [-0.25, -0.2) is 0 Å². The molecule has 0 saturated heterocycles. The zero-order valence-corrected chi connectivity index (χ0v) is 12.0. The van der Waals surface area contributed by atoms with Crippen molar-refractivity contribution in [3.8, 4) is 0 Å². The van der Waals surface area contributed by atoms with E-state index in [1.807, 2.05) is 12.1 Å². The van der Waals surface area contributed by atoms with Gasteiger partial charge in [0.1, 0.15) is 0 Å². The van der Waals surface area contributed by atoms with E-state index >= 15 is 0 Å². The lowest BCUT2D eigenvalue weighted by molar-refractivity contribution is -0.105. The maximum absolute atomic E-state index is 12.2. The smallest absolute Gasteiger partial charge is 0.170 e. The molecular formula is C14H19F3S. The number of thioether (sulfide) groups is 1. The summed E-state index contributed by atoms with van der Waals surface area (Å²) in [4.78, 5) is 0.710. The Morgan fingerprint density at radius 1 is 0.944 bits per heavy atom. The molecule has 1 aromatic carbocycles. The molecule has 0 amide bonds. The Hall–Kier alpha value is -0.640. The summed E-state index contributed by atoms with van der Waals surface area (Å²) in [7, 11) is 0. The fourth-order valence-electron chi connectivity index (χ4n) is 1.56. The van der Waals surface area contributed by atoms with Gasteiger partial charge in [0, 0.05) is 4.90 Å². The Kier molecular flexibility index (Phi) is 5.14. The molecule has 0 aliphatic carbocycles. The largest absolute Gasteiger partial charge is 0.398 e. The van der Waals surface area contributed by atoms with Gasteiger partial charge in [-0.3, -0.25) is 0 Å². The topological polar surface area (TPSA) is 0 Å². The Balaban J connectivity index is 2.96. The molecule has 4 heteroatoms. The molecule has 1 rings (SSSR count). The molecule has 102 valence electrons. The fourth-order valence-corrected chi connectivity index (χ4v) is 2.33. The van der Waals surface area contributed by atoms with Gasteiger partial charge in [-0.2, -0.15) is 13.2 Å². The Morgan fingerprint density at radius 3 is 1.72 bits per heavy atom. The van der Waals surface area contributed by atoms with Crippen molar-refractivity contribution in [1.82, 2.24) is 0 Å². The number of alkyl halides is 3. The second kappa shape index (κ2) is 6.00. The molecule has 0 spiro atoms. The lowest BCUT2D eigenvalue weighted by Gasteiger charge is -2.14. The first kappa shape index (κ1) is 15.4. The molecule has 0 N–H and O–H groups in total. The number of hydrogen-bond acceptors (Lipinski definition) is 1. The van der Waals surface area contributed by atoms with E-state index in [1.54, 1.807) is 0 Å². The average molecular weight is 276 g/mol. The van der Waals surface area contributed by atoms with Crippen molar-refractivity contribution in [1.29, 1.82) is 0 Å². The molecular weight excluding hydrogens is 257 g/mol. The van der Waals surface area contributed by atoms with E-state index in [2.05, 4.69) is 33.8 Å². The predicted molar refractivity (Wildman–Crippen MR) is 71.4 cm³/mol. The highest BCUT2D eigenvalue weighted by Crippen LogP contribution is 2.32. The van der Waals surface area contributed by atoms with E-state index in [0.29, 0.717) is 16.7 Å². The van der Waals surface area contributed by atoms with Gasteiger partial charge in [0.05, 0.1) is 5.75 Å². The number of hydrogen-bond donors (Lipinski definition) is 0. The van der Waals surface area contributed by atoms with Crippen LogP contribution >= 0.6 is 11.8 Å². The normalized spacial score (nSPS) is 12.5. The summed E-state index contributed by atoms with van der Waals surface area (Å²) >= 11 is 0.866. The third-order valence-electron chi connectivity index (χ3n) is 2.69. The van der Waals surface area contributed by atoms with Crippen molar-refractivity contribution in [2.45, 2.75) is 50.6 Å². The van der Waals surface area contributed by atoms with Gasteiger partial charge >= 0.3 is 6.18 Å². The minimum Gasteiger partial charge on any atom is -0.170 e. The van der Waals surface area contributed by atoms with Gasteiger partial charge in [0.25, 0.3) is 0 Å². The number of benzene rings is 1. The lowest BCUT2D eigenvalue weighted by atomic mass is 9.96. The molecule has 0 unspecified atom stereocenters. The number of halogens is 3. The molecule has 0 aromatic heterocycles. The Bertz CT molecular complexity index is 368. The van der Waals surface area contributed by atoms with Gasteiger partial charge in [-0.05, 0) is 35.1 Å². The van der Waals surface area contributed by atoms with Crippen LogP contribution in [0.2, 0.25) is 0 Å². The molecule has 18 heavy (non-hydrogen) atoms. The van der Waals surface area contributed by atoms with Crippen LogP contribution in [0.3, 0.4) is 0 Å². The summed E-state index contributed by atoms with van der Waals surface area (Å²) in [6.07, 6.45) is -4.11. The third kappa shape index (κ3) is 4.92. The SMILES string of the molecule is CC(C)c1cc(SCC(F)(F)F)cc(C(C)C)c1. The summed E-state index contributed by atoms with van der Waals surface area (Å²) in [6.45, 7) is 8.21. The maximum Gasteiger partial charge on any atom is 0.398 e. The lowest BCUT2D eigenvalue weighted by Crippen LogP contribution is -2.10. The second-order valence-electron chi connectivity index (χ2n) is 5.05. The van der Waals surface area contributed by atoms with Crippen molar-refractivity contribution in [3.63, 3.8) is 0 Å².